The molecule has 112 valence electrons. The first kappa shape index (κ1) is 15.1. The molecule has 0 aliphatic rings. The lowest BCUT2D eigenvalue weighted by Crippen LogP contribution is -2.22. The highest BCUT2D eigenvalue weighted by atomic mass is 19.4. The van der Waals surface area contributed by atoms with Crippen molar-refractivity contribution in [1.29, 1.82) is 0 Å². The lowest BCUT2D eigenvalue weighted by Gasteiger charge is -2.12. The Labute approximate surface area is 120 Å². The van der Waals surface area contributed by atoms with Gasteiger partial charge in [-0.3, -0.25) is 0 Å². The van der Waals surface area contributed by atoms with Gasteiger partial charge in [-0.15, -0.1) is 6.58 Å². The average molecular weight is 296 g/mol. The number of alkyl halides is 3. The van der Waals surface area contributed by atoms with Crippen molar-refractivity contribution in [2.45, 2.75) is 13.1 Å². The molecule has 0 radical (unpaired) electrons. The number of rotatable bonds is 5. The molecule has 0 aliphatic carbocycles. The van der Waals surface area contributed by atoms with Crippen molar-refractivity contribution in [1.82, 2.24) is 9.97 Å². The predicted molar refractivity (Wildman–Crippen MR) is 77.5 cm³/mol. The molecule has 1 heterocycles. The van der Waals surface area contributed by atoms with Gasteiger partial charge in [-0.05, 0) is 19.1 Å². The highest BCUT2D eigenvalue weighted by Crippen LogP contribution is 2.24. The van der Waals surface area contributed by atoms with Crippen molar-refractivity contribution in [3.05, 3.63) is 36.4 Å². The van der Waals surface area contributed by atoms with Crippen LogP contribution < -0.4 is 10.6 Å². The van der Waals surface area contributed by atoms with Gasteiger partial charge in [0.05, 0.1) is 5.52 Å². The van der Waals surface area contributed by atoms with E-state index in [0.29, 0.717) is 17.9 Å². The molecule has 0 saturated carbocycles. The van der Waals surface area contributed by atoms with Gasteiger partial charge in [-0.25, -0.2) is 4.98 Å². The van der Waals surface area contributed by atoms with Crippen LogP contribution in [-0.2, 0) is 0 Å². The second-order valence-corrected chi connectivity index (χ2v) is 4.55. The molecule has 0 aliphatic heterocycles. The summed E-state index contributed by atoms with van der Waals surface area (Å²) >= 11 is 0. The van der Waals surface area contributed by atoms with E-state index in [1.165, 1.54) is 0 Å². The predicted octanol–water partition coefficient (Wildman–Crippen LogP) is 3.51. The molecule has 1 aromatic carbocycles. The fourth-order valence-corrected chi connectivity index (χ4v) is 1.80. The number of fused-ring (bicyclic) bond motifs is 1. The molecule has 7 heteroatoms. The Kier molecular flexibility index (Phi) is 4.30. The van der Waals surface area contributed by atoms with Crippen LogP contribution in [0.2, 0.25) is 0 Å². The Hall–Kier alpha value is -2.31. The Morgan fingerprint density at radius 3 is 2.67 bits per heavy atom. The number of benzene rings is 1. The summed E-state index contributed by atoms with van der Waals surface area (Å²) in [5.41, 5.74) is 1.59. The topological polar surface area (TPSA) is 49.8 Å². The van der Waals surface area contributed by atoms with Crippen LogP contribution >= 0.6 is 0 Å². The van der Waals surface area contributed by atoms with E-state index in [1.807, 2.05) is 19.1 Å². The molecule has 1 aromatic heterocycles. The van der Waals surface area contributed by atoms with E-state index in [1.54, 1.807) is 12.1 Å². The molecular formula is C14H15F3N4. The first-order chi connectivity index (χ1) is 9.89. The SMILES string of the molecule is C=CCNc1nc(NCC(F)(F)F)nc2ccc(C)cc12. The number of aryl methyl sites for hydroxylation is 1. The summed E-state index contributed by atoms with van der Waals surface area (Å²) in [4.78, 5) is 8.20. The van der Waals surface area contributed by atoms with Gasteiger partial charge in [-0.1, -0.05) is 17.7 Å². The van der Waals surface area contributed by atoms with Gasteiger partial charge < -0.3 is 10.6 Å². The second kappa shape index (κ2) is 5.99. The standard InChI is InChI=1S/C14H15F3N4/c1-3-6-18-12-10-7-9(2)4-5-11(10)20-13(21-12)19-8-14(15,16)17/h3-5,7H,1,6,8H2,2H3,(H2,18,19,20,21). The quantitative estimate of drug-likeness (QED) is 0.829. The average Bonchev–Trinajstić information content (AvgIpc) is 2.42. The Morgan fingerprint density at radius 2 is 2.00 bits per heavy atom. The lowest BCUT2D eigenvalue weighted by atomic mass is 10.1. The number of nitrogens with zero attached hydrogens (tertiary/aromatic N) is 2. The molecule has 0 bridgehead atoms. The molecule has 0 atom stereocenters. The Morgan fingerprint density at radius 1 is 1.24 bits per heavy atom. The summed E-state index contributed by atoms with van der Waals surface area (Å²) in [5.74, 6) is 0.420. The van der Waals surface area contributed by atoms with Crippen LogP contribution in [0.4, 0.5) is 24.9 Å². The molecule has 0 spiro atoms. The zero-order valence-corrected chi connectivity index (χ0v) is 11.5. The van der Waals surface area contributed by atoms with Crippen LogP contribution in [0, 0.1) is 6.92 Å². The highest BCUT2D eigenvalue weighted by molar-refractivity contribution is 5.90. The Bertz CT molecular complexity index is 652. The van der Waals surface area contributed by atoms with Crippen LogP contribution in [-0.4, -0.2) is 29.2 Å². The monoisotopic (exact) mass is 296 g/mol. The third-order valence-electron chi connectivity index (χ3n) is 2.71. The van der Waals surface area contributed by atoms with E-state index >= 15 is 0 Å². The number of nitrogens with one attached hydrogen (secondary N) is 2. The fourth-order valence-electron chi connectivity index (χ4n) is 1.80. The fraction of sp³-hybridized carbons (Fsp3) is 0.286. The minimum Gasteiger partial charge on any atom is -0.366 e. The van der Waals surface area contributed by atoms with Gasteiger partial charge in [-0.2, -0.15) is 18.2 Å². The summed E-state index contributed by atoms with van der Waals surface area (Å²) in [7, 11) is 0. The van der Waals surface area contributed by atoms with Crippen molar-refractivity contribution >= 4 is 22.7 Å². The van der Waals surface area contributed by atoms with Crippen molar-refractivity contribution in [3.63, 3.8) is 0 Å². The number of anilines is 2. The molecule has 0 amide bonds. The maximum absolute atomic E-state index is 12.3. The molecular weight excluding hydrogens is 281 g/mol. The zero-order valence-electron chi connectivity index (χ0n) is 11.5. The zero-order chi connectivity index (χ0) is 15.5. The maximum atomic E-state index is 12.3. The molecule has 2 N–H and O–H groups in total. The molecule has 4 nitrogen and oxygen atoms in total. The van der Waals surface area contributed by atoms with E-state index < -0.39 is 12.7 Å². The highest BCUT2D eigenvalue weighted by Gasteiger charge is 2.27. The van der Waals surface area contributed by atoms with Gasteiger partial charge in [0.25, 0.3) is 0 Å². The molecule has 2 aromatic rings. The first-order valence-electron chi connectivity index (χ1n) is 6.33. The Balaban J connectivity index is 2.39. The summed E-state index contributed by atoms with van der Waals surface area (Å²) in [5, 5.41) is 5.97. The van der Waals surface area contributed by atoms with Crippen LogP contribution in [0.5, 0.6) is 0 Å². The molecule has 0 unspecified atom stereocenters. The second-order valence-electron chi connectivity index (χ2n) is 4.55. The molecule has 21 heavy (non-hydrogen) atoms. The molecule has 0 fully saturated rings. The normalized spacial score (nSPS) is 11.4. The summed E-state index contributed by atoms with van der Waals surface area (Å²) in [6, 6.07) is 5.48. The summed E-state index contributed by atoms with van der Waals surface area (Å²) in [6.07, 6.45) is -2.67. The van der Waals surface area contributed by atoms with Crippen molar-refractivity contribution < 1.29 is 13.2 Å². The maximum Gasteiger partial charge on any atom is 0.405 e. The van der Waals surface area contributed by atoms with Crippen LogP contribution in [0.15, 0.2) is 30.9 Å². The number of halogens is 3. The van der Waals surface area contributed by atoms with Gasteiger partial charge in [0.1, 0.15) is 12.4 Å². The lowest BCUT2D eigenvalue weighted by molar-refractivity contribution is -0.115. The minimum atomic E-state index is -4.32. The largest absolute Gasteiger partial charge is 0.405 e. The smallest absolute Gasteiger partial charge is 0.366 e. The van der Waals surface area contributed by atoms with Crippen LogP contribution in [0.3, 0.4) is 0 Å². The number of hydrogen-bond acceptors (Lipinski definition) is 4. The van der Waals surface area contributed by atoms with Gasteiger partial charge in [0.15, 0.2) is 0 Å². The molecule has 0 saturated heterocycles. The van der Waals surface area contributed by atoms with Crippen molar-refractivity contribution in [3.8, 4) is 0 Å². The van der Waals surface area contributed by atoms with Crippen molar-refractivity contribution in [2.24, 2.45) is 0 Å². The van der Waals surface area contributed by atoms with Gasteiger partial charge >= 0.3 is 6.18 Å². The van der Waals surface area contributed by atoms with E-state index in [2.05, 4.69) is 27.2 Å². The molecule has 2 rings (SSSR count). The number of hydrogen-bond donors (Lipinski definition) is 2. The summed E-state index contributed by atoms with van der Waals surface area (Å²) in [6.45, 7) is 4.80. The van der Waals surface area contributed by atoms with Crippen molar-refractivity contribution in [2.75, 3.05) is 23.7 Å². The van der Waals surface area contributed by atoms with Gasteiger partial charge in [0, 0.05) is 11.9 Å². The van der Waals surface area contributed by atoms with Crippen LogP contribution in [0.1, 0.15) is 5.56 Å². The number of aromatic nitrogens is 2. The van der Waals surface area contributed by atoms with E-state index in [0.717, 1.165) is 10.9 Å². The summed E-state index contributed by atoms with van der Waals surface area (Å²) < 4.78 is 36.8. The third kappa shape index (κ3) is 4.08. The van der Waals surface area contributed by atoms with E-state index in [9.17, 15) is 13.2 Å². The third-order valence-corrected chi connectivity index (χ3v) is 2.71. The van der Waals surface area contributed by atoms with Crippen LogP contribution in [0.25, 0.3) is 10.9 Å². The minimum absolute atomic E-state index is 0.0600. The van der Waals surface area contributed by atoms with Gasteiger partial charge in [0.2, 0.25) is 5.95 Å². The first-order valence-corrected chi connectivity index (χ1v) is 6.33. The van der Waals surface area contributed by atoms with E-state index in [-0.39, 0.29) is 5.95 Å². The van der Waals surface area contributed by atoms with E-state index in [4.69, 9.17) is 0 Å².